The molecule has 0 aliphatic carbocycles. The second-order valence-electron chi connectivity index (χ2n) is 7.35. The Morgan fingerprint density at radius 2 is 1.93 bits per heavy atom. The van der Waals surface area contributed by atoms with Crippen LogP contribution in [0.4, 0.5) is 13.2 Å². The third kappa shape index (κ3) is 6.27. The van der Waals surface area contributed by atoms with Crippen LogP contribution in [-0.4, -0.2) is 65.1 Å². The molecule has 0 radical (unpaired) electrons. The Balaban J connectivity index is 1.49. The van der Waals surface area contributed by atoms with Crippen molar-refractivity contribution in [1.82, 2.24) is 25.3 Å². The van der Waals surface area contributed by atoms with Crippen molar-refractivity contribution in [1.29, 1.82) is 0 Å². The van der Waals surface area contributed by atoms with Gasteiger partial charge >= 0.3 is 6.18 Å². The number of aromatic nitrogens is 2. The molecule has 0 saturated carbocycles. The van der Waals surface area contributed by atoms with Gasteiger partial charge in [-0.2, -0.15) is 18.2 Å². The number of hydrogen-bond donors (Lipinski definition) is 1. The number of amides is 1. The molecular weight excluding hydrogens is 399 g/mol. The zero-order valence-corrected chi connectivity index (χ0v) is 16.9. The molecule has 0 unspecified atom stereocenters. The molecular formula is C20H26F3N5O2. The Bertz CT molecular complexity index is 832. The Labute approximate surface area is 173 Å². The standard InChI is InChI=1S/C20H26F3N5O2/c1-2-3-7-24-17(29)13-27-8-10-28(11-9-27)14-18-25-19(26-30-18)15-5-4-6-16(12-15)20(21,22)23/h4-6,12H,2-3,7-11,13-14H2,1H3,(H,24,29). The third-order valence-corrected chi connectivity index (χ3v) is 4.96. The van der Waals surface area contributed by atoms with Crippen molar-refractivity contribution in [3.63, 3.8) is 0 Å². The fourth-order valence-corrected chi connectivity index (χ4v) is 3.23. The van der Waals surface area contributed by atoms with E-state index in [-0.39, 0.29) is 17.3 Å². The Kier molecular flexibility index (Phi) is 7.43. The summed E-state index contributed by atoms with van der Waals surface area (Å²) in [6.45, 7) is 6.57. The number of rotatable bonds is 8. The van der Waals surface area contributed by atoms with Crippen molar-refractivity contribution in [2.45, 2.75) is 32.5 Å². The Hall–Kier alpha value is -2.46. The van der Waals surface area contributed by atoms with Crippen molar-refractivity contribution >= 4 is 5.91 Å². The maximum absolute atomic E-state index is 12.9. The molecule has 164 valence electrons. The fourth-order valence-electron chi connectivity index (χ4n) is 3.23. The SMILES string of the molecule is CCCCNC(=O)CN1CCN(Cc2nc(-c3cccc(C(F)(F)F)c3)no2)CC1. The molecule has 1 N–H and O–H groups in total. The molecule has 1 saturated heterocycles. The number of halogens is 3. The summed E-state index contributed by atoms with van der Waals surface area (Å²) in [4.78, 5) is 20.4. The summed E-state index contributed by atoms with van der Waals surface area (Å²) in [5, 5.41) is 6.74. The predicted octanol–water partition coefficient (Wildman–Crippen LogP) is 2.79. The van der Waals surface area contributed by atoms with Gasteiger partial charge in [0, 0.05) is 38.3 Å². The van der Waals surface area contributed by atoms with E-state index in [1.807, 2.05) is 0 Å². The van der Waals surface area contributed by atoms with E-state index in [0.29, 0.717) is 25.5 Å². The van der Waals surface area contributed by atoms with Crippen molar-refractivity contribution in [2.24, 2.45) is 0 Å². The summed E-state index contributed by atoms with van der Waals surface area (Å²) >= 11 is 0. The molecule has 0 atom stereocenters. The highest BCUT2D eigenvalue weighted by Gasteiger charge is 2.31. The van der Waals surface area contributed by atoms with E-state index in [1.54, 1.807) is 0 Å². The zero-order chi connectivity index (χ0) is 21.6. The molecule has 1 fully saturated rings. The molecule has 1 aliphatic heterocycles. The second-order valence-corrected chi connectivity index (χ2v) is 7.35. The summed E-state index contributed by atoms with van der Waals surface area (Å²) in [5.74, 6) is 0.534. The van der Waals surface area contributed by atoms with Crippen LogP contribution in [0.15, 0.2) is 28.8 Å². The van der Waals surface area contributed by atoms with Crippen LogP contribution in [-0.2, 0) is 17.5 Å². The van der Waals surface area contributed by atoms with Gasteiger partial charge in [0.15, 0.2) is 0 Å². The van der Waals surface area contributed by atoms with Gasteiger partial charge in [0.25, 0.3) is 0 Å². The molecule has 1 aromatic carbocycles. The maximum Gasteiger partial charge on any atom is 0.416 e. The average molecular weight is 425 g/mol. The van der Waals surface area contributed by atoms with E-state index in [0.717, 1.165) is 51.2 Å². The summed E-state index contributed by atoms with van der Waals surface area (Å²) in [5.41, 5.74) is -0.486. The highest BCUT2D eigenvalue weighted by Crippen LogP contribution is 2.31. The number of nitrogens with zero attached hydrogens (tertiary/aromatic N) is 4. The maximum atomic E-state index is 12.9. The van der Waals surface area contributed by atoms with E-state index in [4.69, 9.17) is 4.52 Å². The van der Waals surface area contributed by atoms with Gasteiger partial charge in [0.05, 0.1) is 18.7 Å². The van der Waals surface area contributed by atoms with Crippen molar-refractivity contribution in [3.8, 4) is 11.4 Å². The lowest BCUT2D eigenvalue weighted by Gasteiger charge is -2.33. The molecule has 0 spiro atoms. The minimum absolute atomic E-state index is 0.0412. The lowest BCUT2D eigenvalue weighted by Crippen LogP contribution is -2.49. The fraction of sp³-hybridized carbons (Fsp3) is 0.550. The quantitative estimate of drug-likeness (QED) is 0.656. The van der Waals surface area contributed by atoms with Gasteiger partial charge in [-0.3, -0.25) is 14.6 Å². The first kappa shape index (κ1) is 22.2. The number of carbonyl (C=O) groups excluding carboxylic acids is 1. The van der Waals surface area contributed by atoms with Gasteiger partial charge in [-0.15, -0.1) is 0 Å². The Morgan fingerprint density at radius 3 is 2.63 bits per heavy atom. The monoisotopic (exact) mass is 425 g/mol. The van der Waals surface area contributed by atoms with Gasteiger partial charge < -0.3 is 9.84 Å². The number of unbranched alkanes of at least 4 members (excludes halogenated alkanes) is 1. The number of hydrogen-bond acceptors (Lipinski definition) is 6. The highest BCUT2D eigenvalue weighted by molar-refractivity contribution is 5.77. The molecule has 0 bridgehead atoms. The zero-order valence-electron chi connectivity index (χ0n) is 16.9. The second kappa shape index (κ2) is 10.0. The average Bonchev–Trinajstić information content (AvgIpc) is 3.18. The number of nitrogens with one attached hydrogen (secondary N) is 1. The van der Waals surface area contributed by atoms with E-state index >= 15 is 0 Å². The molecule has 30 heavy (non-hydrogen) atoms. The van der Waals surface area contributed by atoms with Crippen molar-refractivity contribution < 1.29 is 22.5 Å². The number of benzene rings is 1. The molecule has 1 aliphatic rings. The summed E-state index contributed by atoms with van der Waals surface area (Å²) in [6.07, 6.45) is -2.40. The van der Waals surface area contributed by atoms with Crippen LogP contribution in [0.1, 0.15) is 31.2 Å². The van der Waals surface area contributed by atoms with Crippen LogP contribution in [0.2, 0.25) is 0 Å². The van der Waals surface area contributed by atoms with E-state index < -0.39 is 11.7 Å². The normalized spacial score (nSPS) is 16.0. The number of carbonyl (C=O) groups is 1. The predicted molar refractivity (Wildman–Crippen MR) is 104 cm³/mol. The highest BCUT2D eigenvalue weighted by atomic mass is 19.4. The summed E-state index contributed by atoms with van der Waals surface area (Å²) < 4.78 is 43.9. The van der Waals surface area contributed by atoms with Crippen LogP contribution in [0.5, 0.6) is 0 Å². The lowest BCUT2D eigenvalue weighted by molar-refractivity contribution is -0.137. The van der Waals surface area contributed by atoms with Crippen LogP contribution >= 0.6 is 0 Å². The first-order valence-corrected chi connectivity index (χ1v) is 10.1. The first-order valence-electron chi connectivity index (χ1n) is 10.1. The molecule has 1 amide bonds. The van der Waals surface area contributed by atoms with Gasteiger partial charge in [0.1, 0.15) is 0 Å². The minimum atomic E-state index is -4.42. The van der Waals surface area contributed by atoms with Crippen LogP contribution in [0, 0.1) is 0 Å². The Morgan fingerprint density at radius 1 is 1.20 bits per heavy atom. The number of alkyl halides is 3. The van der Waals surface area contributed by atoms with Crippen LogP contribution in [0.25, 0.3) is 11.4 Å². The molecule has 10 heteroatoms. The van der Waals surface area contributed by atoms with Crippen LogP contribution in [0.3, 0.4) is 0 Å². The van der Waals surface area contributed by atoms with E-state index in [9.17, 15) is 18.0 Å². The summed E-state index contributed by atoms with van der Waals surface area (Å²) in [7, 11) is 0. The summed E-state index contributed by atoms with van der Waals surface area (Å²) in [6, 6.07) is 4.87. The van der Waals surface area contributed by atoms with Gasteiger partial charge in [0.2, 0.25) is 17.6 Å². The van der Waals surface area contributed by atoms with E-state index in [1.165, 1.54) is 12.1 Å². The molecule has 2 aromatic rings. The van der Waals surface area contributed by atoms with Gasteiger partial charge in [-0.25, -0.2) is 0 Å². The van der Waals surface area contributed by atoms with Gasteiger partial charge in [-0.1, -0.05) is 30.6 Å². The van der Waals surface area contributed by atoms with Gasteiger partial charge in [-0.05, 0) is 18.6 Å². The minimum Gasteiger partial charge on any atom is -0.355 e. The topological polar surface area (TPSA) is 74.5 Å². The molecule has 2 heterocycles. The molecule has 7 nitrogen and oxygen atoms in total. The molecule has 3 rings (SSSR count). The third-order valence-electron chi connectivity index (χ3n) is 4.96. The molecule has 1 aromatic heterocycles. The van der Waals surface area contributed by atoms with Crippen molar-refractivity contribution in [2.75, 3.05) is 39.3 Å². The van der Waals surface area contributed by atoms with E-state index in [2.05, 4.69) is 32.2 Å². The largest absolute Gasteiger partial charge is 0.416 e. The van der Waals surface area contributed by atoms with Crippen LogP contribution < -0.4 is 5.32 Å². The first-order chi connectivity index (χ1) is 14.3. The lowest BCUT2D eigenvalue weighted by atomic mass is 10.1. The van der Waals surface area contributed by atoms with Crippen molar-refractivity contribution in [3.05, 3.63) is 35.7 Å². The smallest absolute Gasteiger partial charge is 0.355 e. The number of piperazine rings is 1.